The third-order valence-corrected chi connectivity index (χ3v) is 3.68. The van der Waals surface area contributed by atoms with Gasteiger partial charge in [-0.1, -0.05) is 5.16 Å². The molecule has 0 spiro atoms. The van der Waals surface area contributed by atoms with Gasteiger partial charge in [-0.2, -0.15) is 5.10 Å². The highest BCUT2D eigenvalue weighted by Gasteiger charge is 2.20. The number of hydrogen-bond donors (Lipinski definition) is 2. The number of aromatic nitrogens is 3. The summed E-state index contributed by atoms with van der Waals surface area (Å²) in [4.78, 5) is 8.91. The molecule has 0 unspecified atom stereocenters. The molecule has 1 fully saturated rings. The minimum Gasteiger partial charge on any atom is -0.409 e. The van der Waals surface area contributed by atoms with Crippen LogP contribution in [0.1, 0.15) is 5.69 Å². The van der Waals surface area contributed by atoms with Crippen molar-refractivity contribution in [2.24, 2.45) is 10.9 Å². The summed E-state index contributed by atoms with van der Waals surface area (Å²) >= 11 is 0. The first-order valence-electron chi connectivity index (χ1n) is 6.92. The lowest BCUT2D eigenvalue weighted by Gasteiger charge is -2.35. The van der Waals surface area contributed by atoms with Crippen molar-refractivity contribution in [3.05, 3.63) is 24.2 Å². The molecule has 21 heavy (non-hydrogen) atoms. The highest BCUT2D eigenvalue weighted by molar-refractivity contribution is 5.81. The van der Waals surface area contributed by atoms with E-state index in [1.54, 1.807) is 6.20 Å². The molecule has 0 amide bonds. The maximum Gasteiger partial charge on any atom is 0.154 e. The Kier molecular flexibility index (Phi) is 3.61. The van der Waals surface area contributed by atoms with Crippen LogP contribution < -0.4 is 10.6 Å². The zero-order chi connectivity index (χ0) is 14.8. The van der Waals surface area contributed by atoms with Crippen LogP contribution in [-0.4, -0.2) is 63.3 Å². The van der Waals surface area contributed by atoms with Crippen LogP contribution >= 0.6 is 0 Å². The molecular formula is C13H19N7O. The fourth-order valence-corrected chi connectivity index (χ4v) is 2.65. The topological polar surface area (TPSA) is 95.3 Å². The Hall–Kier alpha value is -2.35. The highest BCUT2D eigenvalue weighted by Crippen LogP contribution is 2.20. The van der Waals surface area contributed by atoms with Crippen LogP contribution in [0.5, 0.6) is 0 Å². The lowest BCUT2D eigenvalue weighted by molar-refractivity contribution is 0.278. The molecule has 0 aliphatic carbocycles. The van der Waals surface area contributed by atoms with Gasteiger partial charge in [0.25, 0.3) is 0 Å². The summed E-state index contributed by atoms with van der Waals surface area (Å²) in [6, 6.07) is 2.05. The van der Waals surface area contributed by atoms with Crippen LogP contribution in [0.25, 0.3) is 5.52 Å². The van der Waals surface area contributed by atoms with Crippen molar-refractivity contribution < 1.29 is 5.21 Å². The van der Waals surface area contributed by atoms with Gasteiger partial charge in [-0.05, 0) is 13.0 Å². The quantitative estimate of drug-likeness (QED) is 0.355. The number of nitrogens with zero attached hydrogens (tertiary/aromatic N) is 6. The van der Waals surface area contributed by atoms with Crippen LogP contribution in [0.2, 0.25) is 0 Å². The Morgan fingerprint density at radius 1 is 1.38 bits per heavy atom. The van der Waals surface area contributed by atoms with Crippen molar-refractivity contribution in [3.8, 4) is 0 Å². The summed E-state index contributed by atoms with van der Waals surface area (Å²) in [7, 11) is 0. The Bertz CT molecular complexity index is 658. The predicted molar refractivity (Wildman–Crippen MR) is 79.8 cm³/mol. The molecule has 0 radical (unpaired) electrons. The average Bonchev–Trinajstić information content (AvgIpc) is 2.88. The third-order valence-electron chi connectivity index (χ3n) is 3.68. The number of hydrogen-bond acceptors (Lipinski definition) is 6. The van der Waals surface area contributed by atoms with Gasteiger partial charge in [-0.25, -0.2) is 9.50 Å². The molecule has 112 valence electrons. The average molecular weight is 289 g/mol. The zero-order valence-electron chi connectivity index (χ0n) is 12.0. The maximum absolute atomic E-state index is 8.62. The predicted octanol–water partition coefficient (Wildman–Crippen LogP) is -0.0939. The summed E-state index contributed by atoms with van der Waals surface area (Å²) in [5.41, 5.74) is 7.56. The first-order valence-corrected chi connectivity index (χ1v) is 6.92. The van der Waals surface area contributed by atoms with Gasteiger partial charge in [0, 0.05) is 38.6 Å². The van der Waals surface area contributed by atoms with E-state index >= 15 is 0 Å². The molecule has 0 aromatic carbocycles. The molecular weight excluding hydrogens is 270 g/mol. The normalized spacial score (nSPS) is 17.6. The van der Waals surface area contributed by atoms with Crippen LogP contribution in [0, 0.1) is 6.92 Å². The second-order valence-corrected chi connectivity index (χ2v) is 5.22. The van der Waals surface area contributed by atoms with E-state index in [1.165, 1.54) is 0 Å². The van der Waals surface area contributed by atoms with Gasteiger partial charge in [0.1, 0.15) is 5.52 Å². The smallest absolute Gasteiger partial charge is 0.154 e. The minimum atomic E-state index is 0.245. The zero-order valence-corrected chi connectivity index (χ0v) is 12.0. The number of rotatable bonds is 3. The van der Waals surface area contributed by atoms with Crippen molar-refractivity contribution in [2.75, 3.05) is 37.6 Å². The fourth-order valence-electron chi connectivity index (χ4n) is 2.65. The summed E-state index contributed by atoms with van der Waals surface area (Å²) in [5, 5.41) is 16.1. The molecule has 3 rings (SSSR count). The molecule has 0 atom stereocenters. The van der Waals surface area contributed by atoms with Crippen LogP contribution in [0.3, 0.4) is 0 Å². The Morgan fingerprint density at radius 3 is 2.86 bits per heavy atom. The van der Waals surface area contributed by atoms with Crippen LogP contribution in [0.4, 0.5) is 5.82 Å². The first kappa shape index (κ1) is 13.6. The molecule has 2 aromatic rings. The van der Waals surface area contributed by atoms with E-state index in [9.17, 15) is 0 Å². The molecule has 0 bridgehead atoms. The summed E-state index contributed by atoms with van der Waals surface area (Å²) in [6.45, 7) is 5.89. The molecule has 8 heteroatoms. The van der Waals surface area contributed by atoms with Gasteiger partial charge in [0.05, 0.1) is 12.2 Å². The van der Waals surface area contributed by atoms with Gasteiger partial charge in [-0.15, -0.1) is 0 Å². The summed E-state index contributed by atoms with van der Waals surface area (Å²) in [5.74, 6) is 1.21. The monoisotopic (exact) mass is 289 g/mol. The van der Waals surface area contributed by atoms with Crippen LogP contribution in [-0.2, 0) is 0 Å². The van der Waals surface area contributed by atoms with Crippen molar-refractivity contribution in [1.82, 2.24) is 19.5 Å². The van der Waals surface area contributed by atoms with Crippen LogP contribution in [0.15, 0.2) is 23.6 Å². The second kappa shape index (κ2) is 5.57. The van der Waals surface area contributed by atoms with E-state index in [2.05, 4.69) is 25.0 Å². The maximum atomic E-state index is 8.62. The largest absolute Gasteiger partial charge is 0.409 e. The number of oxime groups is 1. The standard InChI is InChI=1S/C13H19N7O/c1-10-8-11-13(15-2-3-20(11)16-10)19-6-4-18(5-7-19)9-12(14)17-21/h2-3,8,21H,4-7,9H2,1H3,(H2,14,17). The molecule has 3 N–H and O–H groups in total. The van der Waals surface area contributed by atoms with E-state index in [0.29, 0.717) is 6.54 Å². The van der Waals surface area contributed by atoms with Crippen molar-refractivity contribution in [3.63, 3.8) is 0 Å². The molecule has 1 aliphatic heterocycles. The lowest BCUT2D eigenvalue weighted by atomic mass is 10.3. The number of fused-ring (bicyclic) bond motifs is 1. The molecule has 1 aliphatic rings. The number of nitrogens with two attached hydrogens (primary N) is 1. The minimum absolute atomic E-state index is 0.245. The summed E-state index contributed by atoms with van der Waals surface area (Å²) < 4.78 is 1.86. The van der Waals surface area contributed by atoms with E-state index < -0.39 is 0 Å². The van der Waals surface area contributed by atoms with Crippen molar-refractivity contribution in [2.45, 2.75) is 6.92 Å². The Morgan fingerprint density at radius 2 is 2.14 bits per heavy atom. The van der Waals surface area contributed by atoms with E-state index in [-0.39, 0.29) is 5.84 Å². The van der Waals surface area contributed by atoms with Gasteiger partial charge >= 0.3 is 0 Å². The summed E-state index contributed by atoms with van der Waals surface area (Å²) in [6.07, 6.45) is 3.64. The molecule has 2 aromatic heterocycles. The SMILES string of the molecule is Cc1cc2c(N3CCN(C/C(N)=N/O)CC3)nccn2n1. The van der Waals surface area contributed by atoms with Gasteiger partial charge < -0.3 is 15.8 Å². The molecule has 8 nitrogen and oxygen atoms in total. The van der Waals surface area contributed by atoms with Crippen molar-refractivity contribution in [1.29, 1.82) is 0 Å². The van der Waals surface area contributed by atoms with Gasteiger partial charge in [0.15, 0.2) is 11.7 Å². The number of anilines is 1. The molecule has 3 heterocycles. The second-order valence-electron chi connectivity index (χ2n) is 5.22. The van der Waals surface area contributed by atoms with Gasteiger partial charge in [0.2, 0.25) is 0 Å². The fraction of sp³-hybridized carbons (Fsp3) is 0.462. The van der Waals surface area contributed by atoms with E-state index in [1.807, 2.05) is 23.7 Å². The van der Waals surface area contributed by atoms with E-state index in [4.69, 9.17) is 10.9 Å². The van der Waals surface area contributed by atoms with Gasteiger partial charge in [-0.3, -0.25) is 4.90 Å². The number of piperazine rings is 1. The third kappa shape index (κ3) is 2.75. The number of aryl methyl sites for hydroxylation is 1. The molecule has 0 saturated carbocycles. The lowest BCUT2D eigenvalue weighted by Crippen LogP contribution is -2.49. The first-order chi connectivity index (χ1) is 10.2. The Labute approximate surface area is 122 Å². The van der Waals surface area contributed by atoms with Crippen molar-refractivity contribution >= 4 is 17.2 Å². The number of amidine groups is 1. The highest BCUT2D eigenvalue weighted by atomic mass is 16.4. The Balaban J connectivity index is 1.74. The van der Waals surface area contributed by atoms with E-state index in [0.717, 1.165) is 43.2 Å². The molecule has 1 saturated heterocycles.